The predicted octanol–water partition coefficient (Wildman–Crippen LogP) is 2.37. The lowest BCUT2D eigenvalue weighted by Gasteiger charge is -2.39. The van der Waals surface area contributed by atoms with Crippen LogP contribution in [0.25, 0.3) is 0 Å². The van der Waals surface area contributed by atoms with Gasteiger partial charge in [0.1, 0.15) is 0 Å². The molecule has 2 heterocycles. The van der Waals surface area contributed by atoms with Gasteiger partial charge in [0.15, 0.2) is 0 Å². The summed E-state index contributed by atoms with van der Waals surface area (Å²) in [5, 5.41) is 3.54. The molecule has 0 aliphatic carbocycles. The average Bonchev–Trinajstić information content (AvgIpc) is 2.86. The molecule has 0 radical (unpaired) electrons. The van der Waals surface area contributed by atoms with Crippen molar-refractivity contribution in [2.24, 2.45) is 17.3 Å². The summed E-state index contributed by atoms with van der Waals surface area (Å²) in [6, 6.07) is 0. The summed E-state index contributed by atoms with van der Waals surface area (Å²) in [6.45, 7) is 14.8. The third kappa shape index (κ3) is 4.17. The van der Waals surface area contributed by atoms with Gasteiger partial charge in [-0.1, -0.05) is 20.8 Å². The molecular weight excluding hydrogens is 236 g/mol. The molecule has 0 aromatic carbocycles. The van der Waals surface area contributed by atoms with Gasteiger partial charge >= 0.3 is 0 Å². The second-order valence-corrected chi connectivity index (χ2v) is 6.94. The first kappa shape index (κ1) is 15.3. The zero-order valence-electron chi connectivity index (χ0n) is 13.1. The standard InChI is InChI=1S/C16H32N2O/c1-4-17-11-16(7-10-19-13-16)12-18-8-5-15(6-9-18)14(2)3/h14-15,17H,4-13H2,1-3H3. The smallest absolute Gasteiger partial charge is 0.0547 e. The van der Waals surface area contributed by atoms with E-state index in [0.29, 0.717) is 5.41 Å². The highest BCUT2D eigenvalue weighted by atomic mass is 16.5. The van der Waals surface area contributed by atoms with Crippen LogP contribution in [0.3, 0.4) is 0 Å². The van der Waals surface area contributed by atoms with E-state index in [4.69, 9.17) is 4.74 Å². The minimum absolute atomic E-state index is 0.376. The number of hydrogen-bond donors (Lipinski definition) is 1. The average molecular weight is 268 g/mol. The van der Waals surface area contributed by atoms with Gasteiger partial charge in [-0.05, 0) is 50.7 Å². The highest BCUT2D eigenvalue weighted by Gasteiger charge is 2.37. The van der Waals surface area contributed by atoms with Crippen molar-refractivity contribution in [2.75, 3.05) is 45.9 Å². The van der Waals surface area contributed by atoms with E-state index < -0.39 is 0 Å². The molecule has 0 aromatic rings. The van der Waals surface area contributed by atoms with Gasteiger partial charge in [0, 0.05) is 25.1 Å². The fourth-order valence-corrected chi connectivity index (χ4v) is 3.61. The molecule has 0 amide bonds. The van der Waals surface area contributed by atoms with E-state index in [1.54, 1.807) is 0 Å². The van der Waals surface area contributed by atoms with E-state index in [-0.39, 0.29) is 0 Å². The Bertz CT molecular complexity index is 253. The van der Waals surface area contributed by atoms with Crippen LogP contribution in [0.15, 0.2) is 0 Å². The second-order valence-electron chi connectivity index (χ2n) is 6.94. The number of hydrogen-bond acceptors (Lipinski definition) is 3. The van der Waals surface area contributed by atoms with Crippen LogP contribution in [0, 0.1) is 17.3 Å². The third-order valence-corrected chi connectivity index (χ3v) is 5.07. The zero-order chi connectivity index (χ0) is 13.7. The lowest BCUT2D eigenvalue weighted by Crippen LogP contribution is -2.47. The van der Waals surface area contributed by atoms with Crippen LogP contribution in [0.5, 0.6) is 0 Å². The third-order valence-electron chi connectivity index (χ3n) is 5.07. The van der Waals surface area contributed by atoms with E-state index in [2.05, 4.69) is 31.0 Å². The summed E-state index contributed by atoms with van der Waals surface area (Å²) in [4.78, 5) is 2.69. The van der Waals surface area contributed by atoms with Crippen molar-refractivity contribution in [1.82, 2.24) is 10.2 Å². The van der Waals surface area contributed by atoms with Gasteiger partial charge < -0.3 is 15.0 Å². The van der Waals surface area contributed by atoms with Crippen molar-refractivity contribution < 1.29 is 4.74 Å². The van der Waals surface area contributed by atoms with Gasteiger partial charge in [-0.15, -0.1) is 0 Å². The van der Waals surface area contributed by atoms with Crippen molar-refractivity contribution in [3.8, 4) is 0 Å². The number of nitrogens with one attached hydrogen (secondary N) is 1. The molecule has 0 saturated carbocycles. The molecule has 1 atom stereocenters. The summed E-state index contributed by atoms with van der Waals surface area (Å²) >= 11 is 0. The lowest BCUT2D eigenvalue weighted by atomic mass is 9.83. The molecule has 2 aliphatic rings. The van der Waals surface area contributed by atoms with Crippen molar-refractivity contribution >= 4 is 0 Å². The first-order valence-corrected chi connectivity index (χ1v) is 8.16. The van der Waals surface area contributed by atoms with Crippen molar-refractivity contribution in [3.63, 3.8) is 0 Å². The fourth-order valence-electron chi connectivity index (χ4n) is 3.61. The molecule has 3 heteroatoms. The topological polar surface area (TPSA) is 24.5 Å². The van der Waals surface area contributed by atoms with Crippen LogP contribution in [0.4, 0.5) is 0 Å². The maximum absolute atomic E-state index is 5.69. The number of piperidine rings is 1. The Kier molecular flexibility index (Phi) is 5.67. The molecular formula is C16H32N2O. The Morgan fingerprint density at radius 2 is 2.05 bits per heavy atom. The molecule has 0 bridgehead atoms. The molecule has 2 fully saturated rings. The molecule has 1 N–H and O–H groups in total. The Morgan fingerprint density at radius 1 is 1.32 bits per heavy atom. The molecule has 3 nitrogen and oxygen atoms in total. The van der Waals surface area contributed by atoms with Gasteiger partial charge in [-0.2, -0.15) is 0 Å². The maximum atomic E-state index is 5.69. The highest BCUT2D eigenvalue weighted by molar-refractivity contribution is 4.89. The van der Waals surface area contributed by atoms with Crippen LogP contribution < -0.4 is 5.32 Å². The summed E-state index contributed by atoms with van der Waals surface area (Å²) in [7, 11) is 0. The molecule has 2 aliphatic heterocycles. The van der Waals surface area contributed by atoms with E-state index in [1.165, 1.54) is 38.9 Å². The summed E-state index contributed by atoms with van der Waals surface area (Å²) in [6.07, 6.45) is 4.00. The second kappa shape index (κ2) is 7.05. The number of likely N-dealkylation sites (tertiary alicyclic amines) is 1. The van der Waals surface area contributed by atoms with Crippen molar-refractivity contribution in [2.45, 2.75) is 40.0 Å². The van der Waals surface area contributed by atoms with Crippen LogP contribution in [0.1, 0.15) is 40.0 Å². The summed E-state index contributed by atoms with van der Waals surface area (Å²) in [5.41, 5.74) is 0.376. The predicted molar refractivity (Wildman–Crippen MR) is 80.4 cm³/mol. The van der Waals surface area contributed by atoms with Crippen LogP contribution in [0.2, 0.25) is 0 Å². The summed E-state index contributed by atoms with van der Waals surface area (Å²) in [5.74, 6) is 1.80. The van der Waals surface area contributed by atoms with E-state index >= 15 is 0 Å². The highest BCUT2D eigenvalue weighted by Crippen LogP contribution is 2.32. The fraction of sp³-hybridized carbons (Fsp3) is 1.00. The molecule has 0 spiro atoms. The Labute approximate surface area is 119 Å². The van der Waals surface area contributed by atoms with Crippen LogP contribution in [-0.4, -0.2) is 50.8 Å². The van der Waals surface area contributed by atoms with Crippen molar-refractivity contribution in [1.29, 1.82) is 0 Å². The van der Waals surface area contributed by atoms with E-state index in [1.807, 2.05) is 0 Å². The Morgan fingerprint density at radius 3 is 2.58 bits per heavy atom. The molecule has 1 unspecified atom stereocenters. The molecule has 2 rings (SSSR count). The monoisotopic (exact) mass is 268 g/mol. The largest absolute Gasteiger partial charge is 0.381 e. The molecule has 112 valence electrons. The minimum Gasteiger partial charge on any atom is -0.381 e. The Hall–Kier alpha value is -0.120. The molecule has 19 heavy (non-hydrogen) atoms. The Balaban J connectivity index is 1.82. The van der Waals surface area contributed by atoms with Crippen LogP contribution >= 0.6 is 0 Å². The van der Waals surface area contributed by atoms with Crippen LogP contribution in [-0.2, 0) is 4.74 Å². The zero-order valence-corrected chi connectivity index (χ0v) is 13.1. The van der Waals surface area contributed by atoms with Gasteiger partial charge in [-0.3, -0.25) is 0 Å². The number of rotatable bonds is 6. The van der Waals surface area contributed by atoms with Gasteiger partial charge in [0.2, 0.25) is 0 Å². The van der Waals surface area contributed by atoms with Gasteiger partial charge in [0.25, 0.3) is 0 Å². The van der Waals surface area contributed by atoms with E-state index in [0.717, 1.165) is 38.1 Å². The normalized spacial score (nSPS) is 30.3. The number of nitrogens with zero attached hydrogens (tertiary/aromatic N) is 1. The lowest BCUT2D eigenvalue weighted by molar-refractivity contribution is 0.0804. The molecule has 0 aromatic heterocycles. The first-order valence-electron chi connectivity index (χ1n) is 8.16. The van der Waals surface area contributed by atoms with Gasteiger partial charge in [0.05, 0.1) is 6.61 Å². The maximum Gasteiger partial charge on any atom is 0.0547 e. The SMILES string of the molecule is CCNCC1(CN2CCC(C(C)C)CC2)CCOC1. The molecule has 2 saturated heterocycles. The van der Waals surface area contributed by atoms with Gasteiger partial charge in [-0.25, -0.2) is 0 Å². The first-order chi connectivity index (χ1) is 9.15. The van der Waals surface area contributed by atoms with E-state index in [9.17, 15) is 0 Å². The number of ether oxygens (including phenoxy) is 1. The minimum atomic E-state index is 0.376. The quantitative estimate of drug-likeness (QED) is 0.800. The summed E-state index contributed by atoms with van der Waals surface area (Å²) < 4.78 is 5.69. The van der Waals surface area contributed by atoms with Crippen molar-refractivity contribution in [3.05, 3.63) is 0 Å².